The molecule has 0 fully saturated rings. The Morgan fingerprint density at radius 2 is 1.95 bits per heavy atom. The monoisotopic (exact) mass is 328 g/mol. The van der Waals surface area contributed by atoms with Crippen molar-refractivity contribution in [2.24, 2.45) is 0 Å². The van der Waals surface area contributed by atoms with E-state index in [1.807, 2.05) is 6.92 Å². The molecule has 1 aromatic heterocycles. The standard InChI is InChI=1S/C15H15F3N2OS/c1-2-3-4-13(21)20-14-19-12(9-22-14)10-5-7-11(8-6-10)15(16,17)18/h5-9H,2-4H2,1H3,(H,19,20,21). The van der Waals surface area contributed by atoms with Crippen molar-refractivity contribution in [1.82, 2.24) is 4.98 Å². The fraction of sp³-hybridized carbons (Fsp3) is 0.333. The van der Waals surface area contributed by atoms with Gasteiger partial charge in [0.15, 0.2) is 5.13 Å². The van der Waals surface area contributed by atoms with E-state index in [-0.39, 0.29) is 5.91 Å². The van der Waals surface area contributed by atoms with Gasteiger partial charge in [-0.15, -0.1) is 11.3 Å². The summed E-state index contributed by atoms with van der Waals surface area (Å²) in [5.74, 6) is -0.102. The summed E-state index contributed by atoms with van der Waals surface area (Å²) in [5, 5.41) is 4.85. The van der Waals surface area contributed by atoms with Crippen molar-refractivity contribution >= 4 is 22.4 Å². The first kappa shape index (κ1) is 16.5. The molecule has 0 bridgehead atoms. The molecule has 0 atom stereocenters. The third kappa shape index (κ3) is 4.30. The van der Waals surface area contributed by atoms with Gasteiger partial charge in [-0.25, -0.2) is 4.98 Å². The highest BCUT2D eigenvalue weighted by molar-refractivity contribution is 7.14. The highest BCUT2D eigenvalue weighted by Gasteiger charge is 2.30. The van der Waals surface area contributed by atoms with Gasteiger partial charge < -0.3 is 5.32 Å². The molecule has 0 radical (unpaired) electrons. The van der Waals surface area contributed by atoms with Gasteiger partial charge in [0.1, 0.15) is 0 Å². The number of unbranched alkanes of at least 4 members (excludes halogenated alkanes) is 1. The molecule has 1 amide bonds. The van der Waals surface area contributed by atoms with Crippen molar-refractivity contribution in [3.05, 3.63) is 35.2 Å². The molecule has 0 aliphatic heterocycles. The van der Waals surface area contributed by atoms with Crippen LogP contribution in [0.2, 0.25) is 0 Å². The van der Waals surface area contributed by atoms with Crippen molar-refractivity contribution in [2.75, 3.05) is 5.32 Å². The molecule has 118 valence electrons. The van der Waals surface area contributed by atoms with Gasteiger partial charge in [-0.05, 0) is 18.6 Å². The Balaban J connectivity index is 2.06. The molecular formula is C15H15F3N2OS. The normalized spacial score (nSPS) is 11.5. The second kappa shape index (κ2) is 6.91. The molecule has 2 aromatic rings. The van der Waals surface area contributed by atoms with Crippen LogP contribution in [0.25, 0.3) is 11.3 Å². The van der Waals surface area contributed by atoms with Crippen molar-refractivity contribution in [2.45, 2.75) is 32.4 Å². The Morgan fingerprint density at radius 3 is 2.55 bits per heavy atom. The van der Waals surface area contributed by atoms with Crippen LogP contribution < -0.4 is 5.32 Å². The summed E-state index contributed by atoms with van der Waals surface area (Å²) in [6.45, 7) is 2.00. The van der Waals surface area contributed by atoms with Crippen LogP contribution in [0.4, 0.5) is 18.3 Å². The molecule has 22 heavy (non-hydrogen) atoms. The Labute approximate surface area is 130 Å². The van der Waals surface area contributed by atoms with E-state index in [1.165, 1.54) is 23.5 Å². The number of nitrogens with zero attached hydrogens (tertiary/aromatic N) is 1. The Morgan fingerprint density at radius 1 is 1.27 bits per heavy atom. The lowest BCUT2D eigenvalue weighted by Crippen LogP contribution is -2.10. The third-order valence-corrected chi connectivity index (χ3v) is 3.77. The molecule has 0 spiro atoms. The largest absolute Gasteiger partial charge is 0.416 e. The van der Waals surface area contributed by atoms with Crippen LogP contribution in [0.15, 0.2) is 29.6 Å². The molecule has 0 saturated carbocycles. The highest BCUT2D eigenvalue weighted by atomic mass is 32.1. The van der Waals surface area contributed by atoms with Crippen LogP contribution in [0, 0.1) is 0 Å². The number of thiazole rings is 1. The molecule has 7 heteroatoms. The molecule has 1 N–H and O–H groups in total. The number of hydrogen-bond acceptors (Lipinski definition) is 3. The quantitative estimate of drug-likeness (QED) is 0.843. The minimum Gasteiger partial charge on any atom is -0.302 e. The molecular weight excluding hydrogens is 313 g/mol. The molecule has 3 nitrogen and oxygen atoms in total. The number of carbonyl (C=O) groups is 1. The van der Waals surface area contributed by atoms with E-state index in [4.69, 9.17) is 0 Å². The highest BCUT2D eigenvalue weighted by Crippen LogP contribution is 2.31. The minimum atomic E-state index is -4.35. The maximum atomic E-state index is 12.5. The van der Waals surface area contributed by atoms with Gasteiger partial charge in [-0.3, -0.25) is 4.79 Å². The summed E-state index contributed by atoms with van der Waals surface area (Å²) in [4.78, 5) is 15.8. The molecule has 0 saturated heterocycles. The fourth-order valence-electron chi connectivity index (χ4n) is 1.81. The van der Waals surface area contributed by atoms with Gasteiger partial charge in [-0.2, -0.15) is 13.2 Å². The van der Waals surface area contributed by atoms with Gasteiger partial charge in [0, 0.05) is 17.4 Å². The van der Waals surface area contributed by atoms with Crippen molar-refractivity contribution in [3.63, 3.8) is 0 Å². The molecule has 2 rings (SSSR count). The van der Waals surface area contributed by atoms with Gasteiger partial charge >= 0.3 is 6.18 Å². The number of halogens is 3. The summed E-state index contributed by atoms with van der Waals surface area (Å²) < 4.78 is 37.5. The first-order valence-corrected chi connectivity index (χ1v) is 7.71. The lowest BCUT2D eigenvalue weighted by molar-refractivity contribution is -0.137. The summed E-state index contributed by atoms with van der Waals surface area (Å²) in [6.07, 6.45) is -2.17. The second-order valence-electron chi connectivity index (χ2n) is 4.76. The van der Waals surface area contributed by atoms with E-state index < -0.39 is 11.7 Å². The molecule has 0 aliphatic rings. The van der Waals surface area contributed by atoms with Crippen molar-refractivity contribution in [3.8, 4) is 11.3 Å². The minimum absolute atomic E-state index is 0.102. The smallest absolute Gasteiger partial charge is 0.302 e. The van der Waals surface area contributed by atoms with Crippen LogP contribution in [-0.2, 0) is 11.0 Å². The van der Waals surface area contributed by atoms with Gasteiger partial charge in [0.25, 0.3) is 0 Å². The average molecular weight is 328 g/mol. The van der Waals surface area contributed by atoms with Gasteiger partial charge in [0.05, 0.1) is 11.3 Å². The number of aromatic nitrogens is 1. The zero-order valence-corrected chi connectivity index (χ0v) is 12.7. The number of amides is 1. The lowest BCUT2D eigenvalue weighted by atomic mass is 10.1. The van der Waals surface area contributed by atoms with Crippen molar-refractivity contribution in [1.29, 1.82) is 0 Å². The van der Waals surface area contributed by atoms with Crippen LogP contribution in [0.3, 0.4) is 0 Å². The van der Waals surface area contributed by atoms with E-state index in [1.54, 1.807) is 5.38 Å². The van der Waals surface area contributed by atoms with Crippen LogP contribution >= 0.6 is 11.3 Å². The zero-order chi connectivity index (χ0) is 16.2. The van der Waals surface area contributed by atoms with Crippen LogP contribution in [-0.4, -0.2) is 10.9 Å². The summed E-state index contributed by atoms with van der Waals surface area (Å²) >= 11 is 1.25. The van der Waals surface area contributed by atoms with Crippen molar-refractivity contribution < 1.29 is 18.0 Å². The Kier molecular flexibility index (Phi) is 5.18. The topological polar surface area (TPSA) is 42.0 Å². The Hall–Kier alpha value is -1.89. The SMILES string of the molecule is CCCCC(=O)Nc1nc(-c2ccc(C(F)(F)F)cc2)cs1. The molecule has 1 aromatic carbocycles. The predicted molar refractivity (Wildman–Crippen MR) is 80.7 cm³/mol. The number of rotatable bonds is 5. The van der Waals surface area contributed by atoms with E-state index in [2.05, 4.69) is 10.3 Å². The number of benzene rings is 1. The summed E-state index contributed by atoms with van der Waals surface area (Å²) in [6, 6.07) is 4.80. The second-order valence-corrected chi connectivity index (χ2v) is 5.62. The number of anilines is 1. The Bertz CT molecular complexity index is 635. The van der Waals surface area contributed by atoms with Crippen LogP contribution in [0.1, 0.15) is 31.7 Å². The van der Waals surface area contributed by atoms with Gasteiger partial charge in [-0.1, -0.05) is 25.5 Å². The lowest BCUT2D eigenvalue weighted by Gasteiger charge is -2.06. The third-order valence-electron chi connectivity index (χ3n) is 3.02. The number of hydrogen-bond donors (Lipinski definition) is 1. The predicted octanol–water partition coefficient (Wildman–Crippen LogP) is 4.96. The van der Waals surface area contributed by atoms with E-state index in [0.29, 0.717) is 22.8 Å². The maximum Gasteiger partial charge on any atom is 0.416 e. The van der Waals surface area contributed by atoms with E-state index >= 15 is 0 Å². The van der Waals surface area contributed by atoms with E-state index in [0.717, 1.165) is 25.0 Å². The first-order chi connectivity index (χ1) is 10.4. The number of nitrogens with one attached hydrogen (secondary N) is 1. The average Bonchev–Trinajstić information content (AvgIpc) is 2.93. The summed E-state index contributed by atoms with van der Waals surface area (Å²) in [7, 11) is 0. The molecule has 1 heterocycles. The summed E-state index contributed by atoms with van der Waals surface area (Å²) in [5.41, 5.74) is 0.433. The maximum absolute atomic E-state index is 12.5. The zero-order valence-electron chi connectivity index (χ0n) is 11.9. The van der Waals surface area contributed by atoms with E-state index in [9.17, 15) is 18.0 Å². The fourth-order valence-corrected chi connectivity index (χ4v) is 2.55. The number of alkyl halides is 3. The molecule has 0 unspecified atom stereocenters. The van der Waals surface area contributed by atoms with Gasteiger partial charge in [0.2, 0.25) is 5.91 Å². The first-order valence-electron chi connectivity index (χ1n) is 6.83. The molecule has 0 aliphatic carbocycles. The van der Waals surface area contributed by atoms with Crippen LogP contribution in [0.5, 0.6) is 0 Å². The number of carbonyl (C=O) groups excluding carboxylic acids is 1.